The van der Waals surface area contributed by atoms with E-state index in [0.717, 1.165) is 0 Å². The Morgan fingerprint density at radius 2 is 1.67 bits per heavy atom. The fourth-order valence-corrected chi connectivity index (χ4v) is 4.66. The van der Waals surface area contributed by atoms with E-state index in [1.807, 2.05) is 12.1 Å². The maximum Gasteiger partial charge on any atom is 0.240 e. The van der Waals surface area contributed by atoms with Gasteiger partial charge in [0, 0.05) is 11.8 Å². The van der Waals surface area contributed by atoms with Gasteiger partial charge in [-0.05, 0) is 18.2 Å². The highest BCUT2D eigenvalue weighted by Crippen LogP contribution is 2.47. The van der Waals surface area contributed by atoms with Gasteiger partial charge in [-0.15, -0.1) is 0 Å². The monoisotopic (exact) mass is 401 g/mol. The number of methoxy groups -OCH3 is 1. The number of hydrazone groups is 1. The van der Waals surface area contributed by atoms with Crippen molar-refractivity contribution in [1.29, 1.82) is 0 Å². The fraction of sp³-hybridized carbons (Fsp3) is 0.217. The summed E-state index contributed by atoms with van der Waals surface area (Å²) in [5.41, 5.74) is 0.882. The van der Waals surface area contributed by atoms with Gasteiger partial charge in [0.25, 0.3) is 0 Å². The van der Waals surface area contributed by atoms with E-state index in [4.69, 9.17) is 4.74 Å². The molecular weight excluding hydrogens is 382 g/mol. The lowest BCUT2D eigenvalue weighted by molar-refractivity contribution is -0.123. The summed E-state index contributed by atoms with van der Waals surface area (Å²) in [7, 11) is 1.49. The Morgan fingerprint density at radius 1 is 0.967 bits per heavy atom. The zero-order valence-electron chi connectivity index (χ0n) is 16.2. The Balaban J connectivity index is 1.60. The van der Waals surface area contributed by atoms with Gasteiger partial charge >= 0.3 is 0 Å². The van der Waals surface area contributed by atoms with Gasteiger partial charge in [-0.2, -0.15) is 5.10 Å². The molecule has 0 bridgehead atoms. The molecule has 7 nitrogen and oxygen atoms in total. The molecule has 30 heavy (non-hydrogen) atoms. The molecule has 4 atom stereocenters. The summed E-state index contributed by atoms with van der Waals surface area (Å²) in [6.07, 6.45) is 5.16. The normalized spacial score (nSPS) is 26.7. The van der Waals surface area contributed by atoms with Crippen molar-refractivity contribution in [3.05, 3.63) is 72.3 Å². The van der Waals surface area contributed by atoms with Crippen molar-refractivity contribution in [3.63, 3.8) is 0 Å². The van der Waals surface area contributed by atoms with E-state index in [1.165, 1.54) is 12.0 Å². The van der Waals surface area contributed by atoms with E-state index in [-0.39, 0.29) is 11.7 Å². The first-order chi connectivity index (χ1) is 14.6. The molecule has 7 heteroatoms. The van der Waals surface area contributed by atoms with Gasteiger partial charge in [0.2, 0.25) is 11.8 Å². The van der Waals surface area contributed by atoms with Crippen LogP contribution in [0.3, 0.4) is 0 Å². The van der Waals surface area contributed by atoms with Gasteiger partial charge < -0.3 is 4.74 Å². The summed E-state index contributed by atoms with van der Waals surface area (Å²) >= 11 is 0. The predicted octanol–water partition coefficient (Wildman–Crippen LogP) is 2.29. The number of nitrogens with zero attached hydrogens (tertiary/aromatic N) is 3. The Bertz CT molecular complexity index is 1090. The second-order valence-corrected chi connectivity index (χ2v) is 7.43. The number of allylic oxidation sites excluding steroid dienone is 1. The highest BCUT2D eigenvalue weighted by Gasteiger charge is 2.64. The molecule has 5 rings (SSSR count). The van der Waals surface area contributed by atoms with Crippen molar-refractivity contribution in [2.75, 3.05) is 12.0 Å². The molecule has 0 unspecified atom stereocenters. The molecule has 2 saturated heterocycles. The van der Waals surface area contributed by atoms with Gasteiger partial charge in [0.15, 0.2) is 5.78 Å². The van der Waals surface area contributed by atoms with Gasteiger partial charge in [0.1, 0.15) is 11.8 Å². The van der Waals surface area contributed by atoms with Gasteiger partial charge in [-0.25, -0.2) is 4.90 Å². The van der Waals surface area contributed by atoms with Crippen LogP contribution in [0, 0.1) is 11.8 Å². The molecule has 2 aromatic rings. The number of benzene rings is 2. The van der Waals surface area contributed by atoms with E-state index in [9.17, 15) is 14.4 Å². The number of rotatable bonds is 4. The minimum absolute atomic E-state index is 0.219. The first-order valence-electron chi connectivity index (χ1n) is 9.72. The Labute approximate surface area is 173 Å². The van der Waals surface area contributed by atoms with Gasteiger partial charge in [0.05, 0.1) is 30.7 Å². The number of carbonyl (C=O) groups excluding carboxylic acids is 3. The lowest BCUT2D eigenvalue weighted by Crippen LogP contribution is -2.46. The summed E-state index contributed by atoms with van der Waals surface area (Å²) in [5, 5.41) is 5.97. The zero-order valence-corrected chi connectivity index (χ0v) is 16.2. The van der Waals surface area contributed by atoms with Crippen molar-refractivity contribution in [3.8, 4) is 5.75 Å². The van der Waals surface area contributed by atoms with Crippen LogP contribution in [0.5, 0.6) is 5.75 Å². The topological polar surface area (TPSA) is 79.3 Å². The number of ketones is 1. The molecule has 0 aliphatic carbocycles. The van der Waals surface area contributed by atoms with E-state index in [1.54, 1.807) is 65.8 Å². The average molecular weight is 401 g/mol. The largest absolute Gasteiger partial charge is 0.495 e. The quantitative estimate of drug-likeness (QED) is 0.580. The summed E-state index contributed by atoms with van der Waals surface area (Å²) in [5.74, 6) is -2.03. The molecule has 0 radical (unpaired) electrons. The third kappa shape index (κ3) is 2.51. The van der Waals surface area contributed by atoms with E-state index in [0.29, 0.717) is 17.0 Å². The summed E-state index contributed by atoms with van der Waals surface area (Å²) in [6.45, 7) is 0. The number of amides is 2. The number of anilines is 1. The molecule has 150 valence electrons. The lowest BCUT2D eigenvalue weighted by Gasteiger charge is -2.30. The minimum atomic E-state index is -0.847. The summed E-state index contributed by atoms with van der Waals surface area (Å²) < 4.78 is 5.37. The van der Waals surface area contributed by atoms with Crippen LogP contribution in [-0.4, -0.2) is 48.0 Å². The van der Waals surface area contributed by atoms with Gasteiger partial charge in [-0.3, -0.25) is 19.4 Å². The Hall–Kier alpha value is -3.74. The summed E-state index contributed by atoms with van der Waals surface area (Å²) in [6, 6.07) is 14.4. The third-order valence-corrected chi connectivity index (χ3v) is 5.94. The number of ether oxygens (including phenoxy) is 1. The highest BCUT2D eigenvalue weighted by molar-refractivity contribution is 6.25. The van der Waals surface area contributed by atoms with Crippen molar-refractivity contribution in [1.82, 2.24) is 5.01 Å². The minimum Gasteiger partial charge on any atom is -0.495 e. The van der Waals surface area contributed by atoms with Crippen LogP contribution in [-0.2, 0) is 9.59 Å². The van der Waals surface area contributed by atoms with Crippen LogP contribution in [0.1, 0.15) is 10.4 Å². The Kier molecular flexibility index (Phi) is 4.24. The second kappa shape index (κ2) is 6.95. The number of para-hydroxylation sites is 2. The fourth-order valence-electron chi connectivity index (χ4n) is 4.66. The highest BCUT2D eigenvalue weighted by atomic mass is 16.5. The van der Waals surface area contributed by atoms with E-state index >= 15 is 0 Å². The molecule has 3 heterocycles. The van der Waals surface area contributed by atoms with Crippen LogP contribution in [0.4, 0.5) is 5.69 Å². The van der Waals surface area contributed by atoms with Crippen LogP contribution < -0.4 is 9.64 Å². The number of hydrogen-bond donors (Lipinski definition) is 0. The first-order valence-corrected chi connectivity index (χ1v) is 9.72. The SMILES string of the molecule is COc1ccccc1N1C(=O)[C@@H]2[C@H](C1=O)[C@@H](C(=O)c1ccccc1)N1N=CC=C[C@@H]21. The summed E-state index contributed by atoms with van der Waals surface area (Å²) in [4.78, 5) is 41.6. The predicted molar refractivity (Wildman–Crippen MR) is 110 cm³/mol. The standard InChI is InChI=1S/C23H19N3O4/c1-30-17-12-6-5-10-15(17)25-22(28)18-16-11-7-13-24-26(16)20(19(18)23(25)29)21(27)14-8-3-2-4-9-14/h2-13,16,18-20H,1H3/t16-,18-,19-,20-/m0/s1. The Morgan fingerprint density at radius 3 is 2.43 bits per heavy atom. The van der Waals surface area contributed by atoms with Crippen LogP contribution >= 0.6 is 0 Å². The molecule has 0 saturated carbocycles. The number of carbonyl (C=O) groups is 3. The number of hydrogen-bond acceptors (Lipinski definition) is 6. The number of imide groups is 1. The average Bonchev–Trinajstić information content (AvgIpc) is 3.26. The molecule has 2 fully saturated rings. The number of Topliss-reactive ketones (excluding diaryl/α,β-unsaturated/α-hetero) is 1. The molecule has 2 amide bonds. The zero-order chi connectivity index (χ0) is 20.8. The van der Waals surface area contributed by atoms with Crippen molar-refractivity contribution in [2.45, 2.75) is 12.1 Å². The van der Waals surface area contributed by atoms with Crippen molar-refractivity contribution in [2.24, 2.45) is 16.9 Å². The first kappa shape index (κ1) is 18.3. The molecule has 0 N–H and O–H groups in total. The molecular formula is C23H19N3O4. The number of fused-ring (bicyclic) bond motifs is 3. The third-order valence-electron chi connectivity index (χ3n) is 5.94. The smallest absolute Gasteiger partial charge is 0.240 e. The molecule has 0 aromatic heterocycles. The molecule has 2 aromatic carbocycles. The van der Waals surface area contributed by atoms with E-state index < -0.39 is 29.8 Å². The maximum atomic E-state index is 13.6. The van der Waals surface area contributed by atoms with E-state index in [2.05, 4.69) is 5.10 Å². The van der Waals surface area contributed by atoms with Crippen molar-refractivity contribution < 1.29 is 19.1 Å². The van der Waals surface area contributed by atoms with Crippen LogP contribution in [0.25, 0.3) is 0 Å². The molecule has 0 spiro atoms. The van der Waals surface area contributed by atoms with Gasteiger partial charge in [-0.1, -0.05) is 48.5 Å². The van der Waals surface area contributed by atoms with Crippen LogP contribution in [0.15, 0.2) is 71.9 Å². The second-order valence-electron chi connectivity index (χ2n) is 7.43. The lowest BCUT2D eigenvalue weighted by atomic mass is 9.86. The molecule has 3 aliphatic rings. The maximum absolute atomic E-state index is 13.6. The molecule has 3 aliphatic heterocycles. The van der Waals surface area contributed by atoms with Crippen molar-refractivity contribution >= 4 is 29.5 Å². The van der Waals surface area contributed by atoms with Crippen LogP contribution in [0.2, 0.25) is 0 Å².